The molecule has 0 bridgehead atoms. The van der Waals surface area contributed by atoms with Gasteiger partial charge in [0, 0.05) is 7.05 Å². The van der Waals surface area contributed by atoms with Crippen LogP contribution in [0.5, 0.6) is 5.75 Å². The number of carbonyl (C=O) groups excluding carboxylic acids is 1. The van der Waals surface area contributed by atoms with Crippen LogP contribution in [0.1, 0.15) is 15.9 Å². The summed E-state index contributed by atoms with van der Waals surface area (Å²) in [4.78, 5) is 23.7. The van der Waals surface area contributed by atoms with Crippen molar-refractivity contribution < 1.29 is 9.53 Å². The molecule has 3 aromatic rings. The number of carbonyl (C=O) groups is 1. The van der Waals surface area contributed by atoms with Gasteiger partial charge in [0.25, 0.3) is 5.56 Å². The summed E-state index contributed by atoms with van der Waals surface area (Å²) in [5.41, 5.74) is 3.81. The van der Waals surface area contributed by atoms with Gasteiger partial charge in [0.1, 0.15) is 16.5 Å². The van der Waals surface area contributed by atoms with Gasteiger partial charge in [-0.15, -0.1) is 0 Å². The van der Waals surface area contributed by atoms with Crippen LogP contribution in [-0.2, 0) is 7.05 Å². The Morgan fingerprint density at radius 1 is 1.19 bits per heavy atom. The number of aromatic nitrogens is 2. The van der Waals surface area contributed by atoms with E-state index in [0.29, 0.717) is 17.0 Å². The lowest BCUT2D eigenvalue weighted by atomic mass is 10.2. The molecule has 1 N–H and O–H groups in total. The van der Waals surface area contributed by atoms with Crippen LogP contribution in [-0.4, -0.2) is 22.0 Å². The first-order valence-electron chi connectivity index (χ1n) is 7.93. The highest BCUT2D eigenvalue weighted by Gasteiger charge is 2.08. The zero-order chi connectivity index (χ0) is 19.2. The number of aryl methyl sites for hydroxylation is 1. The molecule has 1 aromatic heterocycles. The molecular formula is C19H15ClN4O3. The summed E-state index contributed by atoms with van der Waals surface area (Å²) in [5, 5.41) is 7.90. The predicted molar refractivity (Wildman–Crippen MR) is 104 cm³/mol. The Hall–Kier alpha value is -3.45. The summed E-state index contributed by atoms with van der Waals surface area (Å²) in [6.45, 7) is 0. The zero-order valence-corrected chi connectivity index (χ0v) is 15.1. The minimum absolute atomic E-state index is 0.00724. The van der Waals surface area contributed by atoms with E-state index >= 15 is 0 Å². The van der Waals surface area contributed by atoms with Gasteiger partial charge in [0.15, 0.2) is 0 Å². The third-order valence-corrected chi connectivity index (χ3v) is 3.94. The van der Waals surface area contributed by atoms with E-state index in [1.165, 1.54) is 19.5 Å². The molecule has 7 nitrogen and oxygen atoms in total. The third kappa shape index (κ3) is 4.59. The normalized spacial score (nSPS) is 10.7. The molecule has 1 heterocycles. The summed E-state index contributed by atoms with van der Waals surface area (Å²) >= 11 is 5.94. The molecule has 0 amide bonds. The maximum atomic E-state index is 12.0. The van der Waals surface area contributed by atoms with Gasteiger partial charge in [-0.25, -0.2) is 9.48 Å². The molecule has 0 aliphatic rings. The Morgan fingerprint density at radius 2 is 1.89 bits per heavy atom. The van der Waals surface area contributed by atoms with Crippen molar-refractivity contribution in [1.29, 1.82) is 0 Å². The Morgan fingerprint density at radius 3 is 2.59 bits per heavy atom. The van der Waals surface area contributed by atoms with Crippen molar-refractivity contribution in [3.63, 3.8) is 0 Å². The number of ether oxygens (including phenoxy) is 1. The quantitative estimate of drug-likeness (QED) is 0.317. The highest BCUT2D eigenvalue weighted by Crippen LogP contribution is 2.16. The number of anilines is 1. The fourth-order valence-corrected chi connectivity index (χ4v) is 2.34. The SMILES string of the molecule is Cn1ncc(N/N=C\c2ccc(OC(=O)c3ccccc3)cc2)c(Cl)c1=O. The van der Waals surface area contributed by atoms with Crippen molar-refractivity contribution in [2.75, 3.05) is 5.43 Å². The lowest BCUT2D eigenvalue weighted by molar-refractivity contribution is 0.0735. The van der Waals surface area contributed by atoms with E-state index < -0.39 is 11.5 Å². The molecule has 8 heteroatoms. The van der Waals surface area contributed by atoms with Crippen LogP contribution in [0, 0.1) is 0 Å². The van der Waals surface area contributed by atoms with E-state index in [2.05, 4.69) is 15.6 Å². The molecule has 0 fully saturated rings. The maximum absolute atomic E-state index is 12.0. The van der Waals surface area contributed by atoms with Crippen molar-refractivity contribution in [1.82, 2.24) is 9.78 Å². The number of hydrazone groups is 1. The van der Waals surface area contributed by atoms with Crippen LogP contribution in [0.3, 0.4) is 0 Å². The number of halogens is 1. The molecule has 0 aliphatic carbocycles. The van der Waals surface area contributed by atoms with E-state index in [1.807, 2.05) is 6.07 Å². The van der Waals surface area contributed by atoms with Gasteiger partial charge in [-0.3, -0.25) is 10.2 Å². The van der Waals surface area contributed by atoms with Crippen molar-refractivity contribution in [2.45, 2.75) is 0 Å². The van der Waals surface area contributed by atoms with Crippen molar-refractivity contribution >= 4 is 29.5 Å². The molecule has 0 spiro atoms. The van der Waals surface area contributed by atoms with Crippen LogP contribution in [0.25, 0.3) is 0 Å². The first-order chi connectivity index (χ1) is 13.0. The summed E-state index contributed by atoms with van der Waals surface area (Å²) in [7, 11) is 1.51. The highest BCUT2D eigenvalue weighted by molar-refractivity contribution is 6.32. The average molecular weight is 383 g/mol. The van der Waals surface area contributed by atoms with Gasteiger partial charge < -0.3 is 4.74 Å². The van der Waals surface area contributed by atoms with Gasteiger partial charge in [-0.1, -0.05) is 29.8 Å². The fourth-order valence-electron chi connectivity index (χ4n) is 2.13. The van der Waals surface area contributed by atoms with Crippen molar-refractivity contribution in [3.8, 4) is 5.75 Å². The lowest BCUT2D eigenvalue weighted by Gasteiger charge is -2.05. The maximum Gasteiger partial charge on any atom is 0.343 e. The van der Waals surface area contributed by atoms with Crippen molar-refractivity contribution in [3.05, 3.63) is 87.3 Å². The van der Waals surface area contributed by atoms with E-state index in [1.54, 1.807) is 48.5 Å². The summed E-state index contributed by atoms with van der Waals surface area (Å²) in [6.07, 6.45) is 2.95. The molecule has 0 atom stereocenters. The first-order valence-corrected chi connectivity index (χ1v) is 8.30. The molecule has 2 aromatic carbocycles. The lowest BCUT2D eigenvalue weighted by Crippen LogP contribution is -2.20. The monoisotopic (exact) mass is 382 g/mol. The van der Waals surface area contributed by atoms with Crippen LogP contribution >= 0.6 is 11.6 Å². The number of benzene rings is 2. The van der Waals surface area contributed by atoms with E-state index in [-0.39, 0.29) is 5.02 Å². The van der Waals surface area contributed by atoms with E-state index in [0.717, 1.165) is 10.2 Å². The molecule has 0 unspecified atom stereocenters. The van der Waals surface area contributed by atoms with E-state index in [9.17, 15) is 9.59 Å². The summed E-state index contributed by atoms with van der Waals surface area (Å²) in [6, 6.07) is 15.5. The largest absolute Gasteiger partial charge is 0.423 e. The summed E-state index contributed by atoms with van der Waals surface area (Å²) in [5.74, 6) is -0.000698. The minimum Gasteiger partial charge on any atom is -0.423 e. The number of hydrogen-bond acceptors (Lipinski definition) is 6. The van der Waals surface area contributed by atoms with E-state index in [4.69, 9.17) is 16.3 Å². The second kappa shape index (κ2) is 8.29. The topological polar surface area (TPSA) is 85.6 Å². The number of nitrogens with one attached hydrogen (secondary N) is 1. The molecule has 0 radical (unpaired) electrons. The Kier molecular flexibility index (Phi) is 5.63. The van der Waals surface area contributed by atoms with Gasteiger partial charge in [0.2, 0.25) is 0 Å². The Bertz CT molecular complexity index is 1030. The predicted octanol–water partition coefficient (Wildman–Crippen LogP) is 3.10. The number of esters is 1. The van der Waals surface area contributed by atoms with Gasteiger partial charge >= 0.3 is 5.97 Å². The van der Waals surface area contributed by atoms with Crippen LogP contribution in [0.2, 0.25) is 5.02 Å². The average Bonchev–Trinajstić information content (AvgIpc) is 2.70. The van der Waals surface area contributed by atoms with Crippen LogP contribution < -0.4 is 15.7 Å². The van der Waals surface area contributed by atoms with Gasteiger partial charge in [-0.2, -0.15) is 10.2 Å². The second-order valence-electron chi connectivity index (χ2n) is 5.50. The van der Waals surface area contributed by atoms with Crippen molar-refractivity contribution in [2.24, 2.45) is 12.1 Å². The highest BCUT2D eigenvalue weighted by atomic mass is 35.5. The van der Waals surface area contributed by atoms with Gasteiger partial charge in [0.05, 0.1) is 18.0 Å². The second-order valence-corrected chi connectivity index (χ2v) is 5.87. The molecule has 0 aliphatic heterocycles. The first kappa shape index (κ1) is 18.3. The Balaban J connectivity index is 1.62. The molecule has 0 saturated heterocycles. The zero-order valence-electron chi connectivity index (χ0n) is 14.3. The van der Waals surface area contributed by atoms with Crippen LogP contribution in [0.15, 0.2) is 70.7 Å². The minimum atomic E-state index is -0.425. The standard InChI is InChI=1S/C19H15ClN4O3/c1-24-18(25)17(20)16(12-22-24)23-21-11-13-7-9-15(10-8-13)27-19(26)14-5-3-2-4-6-14/h2-12,23H,1H3/b21-11-. The third-order valence-electron chi connectivity index (χ3n) is 3.58. The number of rotatable bonds is 5. The number of nitrogens with zero attached hydrogens (tertiary/aromatic N) is 3. The van der Waals surface area contributed by atoms with Crippen LogP contribution in [0.4, 0.5) is 5.69 Å². The molecule has 3 rings (SSSR count). The molecule has 0 saturated carbocycles. The molecule has 27 heavy (non-hydrogen) atoms. The smallest absolute Gasteiger partial charge is 0.343 e. The molecular weight excluding hydrogens is 368 g/mol. The fraction of sp³-hybridized carbons (Fsp3) is 0.0526. The Labute approximate surface area is 159 Å². The molecule has 136 valence electrons. The number of hydrogen-bond donors (Lipinski definition) is 1. The van der Waals surface area contributed by atoms with Gasteiger partial charge in [-0.05, 0) is 42.0 Å². The summed E-state index contributed by atoms with van der Waals surface area (Å²) < 4.78 is 6.44.